The number of aliphatic hydroxyl groups excluding tert-OH is 1. The Balaban J connectivity index is 2.40. The minimum absolute atomic E-state index is 0.267. The fraction of sp³-hybridized carbons (Fsp3) is 0.583. The van der Waals surface area contributed by atoms with Gasteiger partial charge in [-0.25, -0.2) is 4.79 Å². The monoisotopic (exact) mass is 477 g/mol. The van der Waals surface area contributed by atoms with Crippen LogP contribution in [0.15, 0.2) is 24.3 Å². The number of hydrogen-bond acceptors (Lipinski definition) is 7. The lowest BCUT2D eigenvalue weighted by Gasteiger charge is -2.43. The van der Waals surface area contributed by atoms with Crippen LogP contribution in [0.1, 0.15) is 57.2 Å². The van der Waals surface area contributed by atoms with Crippen LogP contribution in [-0.4, -0.2) is 71.8 Å². The smallest absolute Gasteiger partial charge is 0.408 e. The van der Waals surface area contributed by atoms with Gasteiger partial charge in [-0.05, 0) is 52.5 Å². The van der Waals surface area contributed by atoms with Crippen LogP contribution in [0, 0.1) is 6.92 Å². The van der Waals surface area contributed by atoms with Crippen molar-refractivity contribution < 1.29 is 33.8 Å². The standard InChI is InChI=1S/C24H35N3O7/c1-15-8-6-9-16(12-15)20(21(30)25-13-19(29)33-5)27(17-10-7-11-17)22(31)18(14-28)26-23(32)34-24(2,3)4/h6,8-9,12,17-18,20,28H,7,10-11,13-14H2,1-5H3,(H,25,30)(H,26,32). The number of nitrogens with one attached hydrogen (secondary N) is 2. The average Bonchev–Trinajstić information content (AvgIpc) is 2.72. The Labute approximate surface area is 200 Å². The molecule has 1 aromatic rings. The molecule has 3 amide bonds. The molecule has 3 N–H and O–H groups in total. The van der Waals surface area contributed by atoms with Crippen LogP contribution in [0.25, 0.3) is 0 Å². The maximum atomic E-state index is 13.6. The number of carbonyl (C=O) groups is 4. The molecule has 188 valence electrons. The highest BCUT2D eigenvalue weighted by Gasteiger charge is 2.42. The van der Waals surface area contributed by atoms with Crippen molar-refractivity contribution in [3.8, 4) is 0 Å². The minimum atomic E-state index is -1.31. The lowest BCUT2D eigenvalue weighted by atomic mass is 9.88. The molecule has 10 nitrogen and oxygen atoms in total. The second kappa shape index (κ2) is 11.8. The lowest BCUT2D eigenvalue weighted by Crippen LogP contribution is -2.58. The van der Waals surface area contributed by atoms with E-state index in [0.717, 1.165) is 12.0 Å². The number of aryl methyl sites for hydroxylation is 1. The van der Waals surface area contributed by atoms with E-state index in [1.807, 2.05) is 13.0 Å². The number of ether oxygens (including phenoxy) is 2. The van der Waals surface area contributed by atoms with Gasteiger partial charge in [-0.1, -0.05) is 29.8 Å². The first kappa shape index (κ1) is 27.1. The third-order valence-electron chi connectivity index (χ3n) is 5.41. The number of amides is 3. The quantitative estimate of drug-likeness (QED) is 0.460. The van der Waals surface area contributed by atoms with Gasteiger partial charge in [0.15, 0.2) is 0 Å². The Kier molecular flexibility index (Phi) is 9.43. The molecule has 1 aromatic carbocycles. The van der Waals surface area contributed by atoms with E-state index in [1.165, 1.54) is 12.0 Å². The first-order valence-electron chi connectivity index (χ1n) is 11.3. The van der Waals surface area contributed by atoms with Crippen molar-refractivity contribution in [2.24, 2.45) is 0 Å². The van der Waals surface area contributed by atoms with E-state index in [2.05, 4.69) is 15.4 Å². The second-order valence-corrected chi connectivity index (χ2v) is 9.32. The van der Waals surface area contributed by atoms with Gasteiger partial charge < -0.3 is 30.1 Å². The SMILES string of the molecule is COC(=O)CNC(=O)C(c1cccc(C)c1)N(C(=O)C(CO)NC(=O)OC(C)(C)C)C1CCC1. The number of benzene rings is 1. The van der Waals surface area contributed by atoms with Crippen LogP contribution < -0.4 is 10.6 Å². The Hall–Kier alpha value is -3.14. The van der Waals surface area contributed by atoms with Crippen molar-refractivity contribution in [3.63, 3.8) is 0 Å². The lowest BCUT2D eigenvalue weighted by molar-refractivity contribution is -0.149. The van der Waals surface area contributed by atoms with Crippen LogP contribution in [0.3, 0.4) is 0 Å². The van der Waals surface area contributed by atoms with Crippen molar-refractivity contribution in [3.05, 3.63) is 35.4 Å². The fourth-order valence-electron chi connectivity index (χ4n) is 3.60. The van der Waals surface area contributed by atoms with Crippen molar-refractivity contribution in [2.75, 3.05) is 20.3 Å². The summed E-state index contributed by atoms with van der Waals surface area (Å²) in [7, 11) is 1.21. The summed E-state index contributed by atoms with van der Waals surface area (Å²) < 4.78 is 9.83. The number of alkyl carbamates (subject to hydrolysis) is 1. The molecule has 0 saturated heterocycles. The van der Waals surface area contributed by atoms with Gasteiger partial charge in [0.2, 0.25) is 11.8 Å². The normalized spacial score (nSPS) is 15.4. The molecule has 0 heterocycles. The molecular formula is C24H35N3O7. The summed E-state index contributed by atoms with van der Waals surface area (Å²) in [4.78, 5) is 52.2. The molecular weight excluding hydrogens is 442 g/mol. The zero-order valence-corrected chi connectivity index (χ0v) is 20.4. The molecule has 34 heavy (non-hydrogen) atoms. The first-order valence-corrected chi connectivity index (χ1v) is 11.3. The van der Waals surface area contributed by atoms with E-state index in [-0.39, 0.29) is 12.6 Å². The Morgan fingerprint density at radius 3 is 2.38 bits per heavy atom. The predicted molar refractivity (Wildman–Crippen MR) is 124 cm³/mol. The molecule has 0 aromatic heterocycles. The van der Waals surface area contributed by atoms with Crippen LogP contribution in [0.5, 0.6) is 0 Å². The highest BCUT2D eigenvalue weighted by Crippen LogP contribution is 2.34. The van der Waals surface area contributed by atoms with Crippen molar-refractivity contribution in [2.45, 2.75) is 70.7 Å². The van der Waals surface area contributed by atoms with Crippen LogP contribution in [-0.2, 0) is 23.9 Å². The van der Waals surface area contributed by atoms with Crippen molar-refractivity contribution >= 4 is 23.9 Å². The van der Waals surface area contributed by atoms with E-state index >= 15 is 0 Å². The van der Waals surface area contributed by atoms with Crippen molar-refractivity contribution in [1.29, 1.82) is 0 Å². The summed E-state index contributed by atoms with van der Waals surface area (Å²) in [5.41, 5.74) is 0.644. The molecule has 0 spiro atoms. The summed E-state index contributed by atoms with van der Waals surface area (Å²) in [6.45, 7) is 5.88. The maximum absolute atomic E-state index is 13.6. The molecule has 2 atom stereocenters. The van der Waals surface area contributed by atoms with E-state index in [1.54, 1.807) is 39.0 Å². The molecule has 1 fully saturated rings. The van der Waals surface area contributed by atoms with Gasteiger partial charge in [0.1, 0.15) is 24.2 Å². The van der Waals surface area contributed by atoms with Crippen LogP contribution in [0.2, 0.25) is 0 Å². The van der Waals surface area contributed by atoms with E-state index in [4.69, 9.17) is 4.74 Å². The number of methoxy groups -OCH3 is 1. The highest BCUT2D eigenvalue weighted by molar-refractivity contribution is 5.93. The highest BCUT2D eigenvalue weighted by atomic mass is 16.6. The number of esters is 1. The summed E-state index contributed by atoms with van der Waals surface area (Å²) in [5.74, 6) is -1.80. The number of hydrogen-bond donors (Lipinski definition) is 3. The van der Waals surface area contributed by atoms with Gasteiger partial charge in [-0.15, -0.1) is 0 Å². The Morgan fingerprint density at radius 1 is 1.21 bits per heavy atom. The molecule has 10 heteroatoms. The minimum Gasteiger partial charge on any atom is -0.468 e. The second-order valence-electron chi connectivity index (χ2n) is 9.32. The van der Waals surface area contributed by atoms with Gasteiger partial charge in [0.05, 0.1) is 13.7 Å². The van der Waals surface area contributed by atoms with Gasteiger partial charge in [-0.3, -0.25) is 14.4 Å². The number of aliphatic hydroxyl groups is 1. The number of nitrogens with zero attached hydrogens (tertiary/aromatic N) is 1. The van der Waals surface area contributed by atoms with E-state index in [0.29, 0.717) is 18.4 Å². The number of carbonyl (C=O) groups excluding carboxylic acids is 4. The van der Waals surface area contributed by atoms with Crippen LogP contribution in [0.4, 0.5) is 4.79 Å². The molecule has 1 aliphatic rings. The molecule has 2 unspecified atom stereocenters. The summed E-state index contributed by atoms with van der Waals surface area (Å²) in [5, 5.41) is 14.9. The van der Waals surface area contributed by atoms with Gasteiger partial charge in [0.25, 0.3) is 0 Å². The number of rotatable bonds is 9. The first-order chi connectivity index (χ1) is 16.0. The summed E-state index contributed by atoms with van der Waals surface area (Å²) in [6.07, 6.45) is 1.36. The van der Waals surface area contributed by atoms with Gasteiger partial charge >= 0.3 is 12.1 Å². The maximum Gasteiger partial charge on any atom is 0.408 e. The average molecular weight is 478 g/mol. The molecule has 0 radical (unpaired) electrons. The summed E-state index contributed by atoms with van der Waals surface area (Å²) >= 11 is 0. The molecule has 1 saturated carbocycles. The van der Waals surface area contributed by atoms with Gasteiger partial charge in [0, 0.05) is 6.04 Å². The molecule has 0 bridgehead atoms. The third kappa shape index (κ3) is 7.44. The molecule has 1 aliphatic carbocycles. The van der Waals surface area contributed by atoms with Gasteiger partial charge in [-0.2, -0.15) is 0 Å². The topological polar surface area (TPSA) is 134 Å². The predicted octanol–water partition coefficient (Wildman–Crippen LogP) is 1.59. The molecule has 2 rings (SSSR count). The van der Waals surface area contributed by atoms with Crippen LogP contribution >= 0.6 is 0 Å². The zero-order valence-electron chi connectivity index (χ0n) is 20.4. The molecule has 0 aliphatic heterocycles. The summed E-state index contributed by atoms with van der Waals surface area (Å²) in [6, 6.07) is 4.50. The van der Waals surface area contributed by atoms with E-state index < -0.39 is 48.2 Å². The zero-order chi connectivity index (χ0) is 25.5. The Bertz CT molecular complexity index is 893. The van der Waals surface area contributed by atoms with E-state index in [9.17, 15) is 24.3 Å². The largest absolute Gasteiger partial charge is 0.468 e. The fourth-order valence-corrected chi connectivity index (χ4v) is 3.60. The third-order valence-corrected chi connectivity index (χ3v) is 5.41. The van der Waals surface area contributed by atoms with Crippen molar-refractivity contribution in [1.82, 2.24) is 15.5 Å². The Morgan fingerprint density at radius 2 is 1.88 bits per heavy atom.